The molecule has 2 aliphatic carbocycles. The van der Waals surface area contributed by atoms with Gasteiger partial charge < -0.3 is 0 Å². The van der Waals surface area contributed by atoms with Crippen LogP contribution in [0.4, 0.5) is 0 Å². The monoisotopic (exact) mass is 318 g/mol. The topological polar surface area (TPSA) is 41.5 Å². The number of carbonyl (C=O) groups is 1. The summed E-state index contributed by atoms with van der Waals surface area (Å²) in [4.78, 5) is 11.9. The molecular formula is C15H15BrN2O. The predicted molar refractivity (Wildman–Crippen MR) is 78.9 cm³/mol. The number of nitrogens with zero attached hydrogens (tertiary/aromatic N) is 1. The first-order valence-electron chi connectivity index (χ1n) is 6.50. The quantitative estimate of drug-likeness (QED) is 0.518. The summed E-state index contributed by atoms with van der Waals surface area (Å²) in [7, 11) is 0. The van der Waals surface area contributed by atoms with Gasteiger partial charge in [0.25, 0.3) is 5.91 Å². The molecule has 0 saturated heterocycles. The predicted octanol–water partition coefficient (Wildman–Crippen LogP) is 3.38. The average Bonchev–Trinajstić information content (AvgIpc) is 3.01. The second kappa shape index (κ2) is 5.29. The van der Waals surface area contributed by atoms with Gasteiger partial charge in [-0.05, 0) is 52.7 Å². The Balaban J connectivity index is 1.59. The highest BCUT2D eigenvalue weighted by atomic mass is 79.9. The number of hydrogen-bond acceptors (Lipinski definition) is 2. The zero-order valence-corrected chi connectivity index (χ0v) is 12.0. The Labute approximate surface area is 120 Å². The van der Waals surface area contributed by atoms with Crippen molar-refractivity contribution < 1.29 is 4.79 Å². The summed E-state index contributed by atoms with van der Waals surface area (Å²) in [5.74, 6) is 1.64. The van der Waals surface area contributed by atoms with E-state index in [0.29, 0.717) is 17.4 Å². The molecule has 2 bridgehead atoms. The summed E-state index contributed by atoms with van der Waals surface area (Å²) in [6, 6.07) is 7.34. The van der Waals surface area contributed by atoms with Gasteiger partial charge in [0.1, 0.15) is 0 Å². The lowest BCUT2D eigenvalue weighted by Crippen LogP contribution is -2.19. The molecule has 4 heteroatoms. The lowest BCUT2D eigenvalue weighted by molar-refractivity contribution is 0.0954. The maximum absolute atomic E-state index is 11.9. The maximum Gasteiger partial charge on any atom is 0.272 e. The molecule has 1 saturated carbocycles. The van der Waals surface area contributed by atoms with Gasteiger partial charge in [-0.1, -0.05) is 24.3 Å². The van der Waals surface area contributed by atoms with Crippen LogP contribution in [0.2, 0.25) is 0 Å². The number of fused-ring (bicyclic) bond motifs is 2. The number of allylic oxidation sites excluding steroid dienone is 2. The zero-order chi connectivity index (χ0) is 13.2. The second-order valence-electron chi connectivity index (χ2n) is 5.14. The van der Waals surface area contributed by atoms with Gasteiger partial charge >= 0.3 is 0 Å². The molecule has 0 spiro atoms. The van der Waals surface area contributed by atoms with Crippen molar-refractivity contribution in [2.75, 3.05) is 0 Å². The van der Waals surface area contributed by atoms with Crippen molar-refractivity contribution >= 4 is 28.1 Å². The van der Waals surface area contributed by atoms with Crippen LogP contribution < -0.4 is 5.43 Å². The molecule has 2 aliphatic rings. The third kappa shape index (κ3) is 2.63. The van der Waals surface area contributed by atoms with Crippen LogP contribution in [0.15, 0.2) is 46.0 Å². The van der Waals surface area contributed by atoms with Crippen molar-refractivity contribution in [2.24, 2.45) is 22.9 Å². The molecule has 0 heterocycles. The van der Waals surface area contributed by atoms with Crippen molar-refractivity contribution in [3.63, 3.8) is 0 Å². The van der Waals surface area contributed by atoms with Gasteiger partial charge in [0.05, 0.1) is 5.56 Å². The van der Waals surface area contributed by atoms with E-state index in [2.05, 4.69) is 38.6 Å². The highest BCUT2D eigenvalue weighted by Gasteiger charge is 2.34. The van der Waals surface area contributed by atoms with E-state index in [0.717, 1.165) is 16.8 Å². The standard InChI is InChI=1S/C15H15BrN2O/c16-14-4-2-1-3-13(14)15(19)18-17-9-12-8-10-5-6-11(12)7-10/h1-6,9-12H,7-8H2,(H,18,19)/b17-9-/t10-,11+,12+/m1/s1. The number of halogens is 1. The fraction of sp³-hybridized carbons (Fsp3) is 0.333. The van der Waals surface area contributed by atoms with Gasteiger partial charge in [0.15, 0.2) is 0 Å². The number of nitrogens with one attached hydrogen (secondary N) is 1. The van der Waals surface area contributed by atoms with E-state index in [1.165, 1.54) is 6.42 Å². The molecule has 1 aromatic rings. The van der Waals surface area contributed by atoms with Crippen molar-refractivity contribution in [3.8, 4) is 0 Å². The summed E-state index contributed by atoms with van der Waals surface area (Å²) in [6.45, 7) is 0. The van der Waals surface area contributed by atoms with Crippen LogP contribution in [0.1, 0.15) is 23.2 Å². The average molecular weight is 319 g/mol. The highest BCUT2D eigenvalue weighted by molar-refractivity contribution is 9.10. The molecular weight excluding hydrogens is 304 g/mol. The smallest absolute Gasteiger partial charge is 0.267 e. The number of hydrogen-bond donors (Lipinski definition) is 1. The number of hydrazone groups is 1. The van der Waals surface area contributed by atoms with Gasteiger partial charge in [0.2, 0.25) is 0 Å². The molecule has 3 nitrogen and oxygen atoms in total. The Bertz CT molecular complexity index is 553. The molecule has 1 N–H and O–H groups in total. The van der Waals surface area contributed by atoms with E-state index in [-0.39, 0.29) is 5.91 Å². The summed E-state index contributed by atoms with van der Waals surface area (Å²) < 4.78 is 0.783. The number of rotatable bonds is 3. The fourth-order valence-corrected chi connectivity index (χ4v) is 3.36. The first-order valence-corrected chi connectivity index (χ1v) is 7.29. The molecule has 1 aromatic carbocycles. The van der Waals surface area contributed by atoms with Crippen molar-refractivity contribution in [3.05, 3.63) is 46.5 Å². The molecule has 0 aromatic heterocycles. The van der Waals surface area contributed by atoms with E-state index < -0.39 is 0 Å². The minimum Gasteiger partial charge on any atom is -0.267 e. The molecule has 0 radical (unpaired) electrons. The Morgan fingerprint density at radius 1 is 1.32 bits per heavy atom. The highest BCUT2D eigenvalue weighted by Crippen LogP contribution is 2.42. The summed E-state index contributed by atoms with van der Waals surface area (Å²) >= 11 is 3.36. The fourth-order valence-electron chi connectivity index (χ4n) is 2.89. The van der Waals surface area contributed by atoms with Crippen LogP contribution >= 0.6 is 15.9 Å². The van der Waals surface area contributed by atoms with E-state index in [1.807, 2.05) is 24.4 Å². The lowest BCUT2D eigenvalue weighted by atomic mass is 9.95. The Kier molecular flexibility index (Phi) is 3.51. The Morgan fingerprint density at radius 3 is 2.84 bits per heavy atom. The molecule has 0 aliphatic heterocycles. The summed E-state index contributed by atoms with van der Waals surface area (Å²) in [5.41, 5.74) is 3.21. The molecule has 0 unspecified atom stereocenters. The SMILES string of the molecule is O=C(N/N=C\[C@@H]1C[C@@H]2C=C[C@H]1C2)c1ccccc1Br. The third-order valence-corrected chi connectivity index (χ3v) is 4.57. The molecule has 1 amide bonds. The van der Waals surface area contributed by atoms with Crippen molar-refractivity contribution in [1.82, 2.24) is 5.43 Å². The van der Waals surface area contributed by atoms with Crippen molar-refractivity contribution in [2.45, 2.75) is 12.8 Å². The second-order valence-corrected chi connectivity index (χ2v) is 6.00. The van der Waals surface area contributed by atoms with E-state index in [9.17, 15) is 4.79 Å². The van der Waals surface area contributed by atoms with Crippen molar-refractivity contribution in [1.29, 1.82) is 0 Å². The molecule has 19 heavy (non-hydrogen) atoms. The number of benzene rings is 1. The lowest BCUT2D eigenvalue weighted by Gasteiger charge is -2.12. The first kappa shape index (κ1) is 12.6. The summed E-state index contributed by atoms with van der Waals surface area (Å²) in [5, 5.41) is 4.11. The van der Waals surface area contributed by atoms with Crippen LogP contribution in [0.5, 0.6) is 0 Å². The Morgan fingerprint density at radius 2 is 2.16 bits per heavy atom. The zero-order valence-electron chi connectivity index (χ0n) is 10.4. The minimum absolute atomic E-state index is 0.178. The van der Waals surface area contributed by atoms with Crippen LogP contribution in [-0.2, 0) is 0 Å². The first-order chi connectivity index (χ1) is 9.24. The maximum atomic E-state index is 11.9. The summed E-state index contributed by atoms with van der Waals surface area (Å²) in [6.07, 6.45) is 8.88. The van der Waals surface area contributed by atoms with Gasteiger partial charge in [-0.15, -0.1) is 0 Å². The van der Waals surface area contributed by atoms with E-state index in [4.69, 9.17) is 0 Å². The van der Waals surface area contributed by atoms with Gasteiger partial charge in [-0.2, -0.15) is 5.10 Å². The van der Waals surface area contributed by atoms with Gasteiger partial charge in [-0.3, -0.25) is 4.79 Å². The van der Waals surface area contributed by atoms with E-state index in [1.54, 1.807) is 6.07 Å². The third-order valence-electron chi connectivity index (χ3n) is 3.88. The van der Waals surface area contributed by atoms with Crippen LogP contribution in [0.3, 0.4) is 0 Å². The Hall–Kier alpha value is -1.42. The normalized spacial score (nSPS) is 28.2. The van der Waals surface area contributed by atoms with Crippen LogP contribution in [0.25, 0.3) is 0 Å². The van der Waals surface area contributed by atoms with Crippen LogP contribution in [-0.4, -0.2) is 12.1 Å². The molecule has 1 fully saturated rings. The number of carbonyl (C=O) groups excluding carboxylic acids is 1. The van der Waals surface area contributed by atoms with Crippen LogP contribution in [0, 0.1) is 17.8 Å². The van der Waals surface area contributed by atoms with E-state index >= 15 is 0 Å². The molecule has 3 rings (SSSR count). The number of amides is 1. The minimum atomic E-state index is -0.178. The van der Waals surface area contributed by atoms with Gasteiger partial charge in [0, 0.05) is 16.6 Å². The molecule has 98 valence electrons. The molecule has 3 atom stereocenters. The largest absolute Gasteiger partial charge is 0.272 e. The van der Waals surface area contributed by atoms with Gasteiger partial charge in [-0.25, -0.2) is 5.43 Å².